The van der Waals surface area contributed by atoms with E-state index in [-0.39, 0.29) is 11.5 Å². The van der Waals surface area contributed by atoms with Crippen LogP contribution in [0.15, 0.2) is 146 Å². The summed E-state index contributed by atoms with van der Waals surface area (Å²) in [5.74, 6) is -0.153. The van der Waals surface area contributed by atoms with Gasteiger partial charge in [-0.15, -0.1) is 0 Å². The van der Waals surface area contributed by atoms with Crippen molar-refractivity contribution in [2.24, 2.45) is 0 Å². The predicted octanol–water partition coefficient (Wildman–Crippen LogP) is 7.79. The van der Waals surface area contributed by atoms with Gasteiger partial charge in [0, 0.05) is 0 Å². The van der Waals surface area contributed by atoms with Crippen LogP contribution in [0.3, 0.4) is 0 Å². The van der Waals surface area contributed by atoms with Gasteiger partial charge in [-0.2, -0.15) is 0 Å². The van der Waals surface area contributed by atoms with E-state index in [1.807, 2.05) is 0 Å². The van der Waals surface area contributed by atoms with Gasteiger partial charge in [0.2, 0.25) is 0 Å². The predicted molar refractivity (Wildman–Crippen MR) is 141 cm³/mol. The van der Waals surface area contributed by atoms with Gasteiger partial charge in [-0.25, -0.2) is 0 Å². The van der Waals surface area contributed by atoms with Gasteiger partial charge in [0.15, 0.2) is 11.5 Å². The van der Waals surface area contributed by atoms with Crippen LogP contribution in [0.25, 0.3) is 11.1 Å². The van der Waals surface area contributed by atoms with Crippen molar-refractivity contribution in [2.45, 2.75) is 0 Å². The molecule has 5 aromatic rings. The molecule has 34 heavy (non-hydrogen) atoms. The quantitative estimate of drug-likeness (QED) is 0.220. The van der Waals surface area contributed by atoms with Crippen LogP contribution in [0.2, 0.25) is 0 Å². The lowest BCUT2D eigenvalue weighted by molar-refractivity contribution is 0.404. The van der Waals surface area contributed by atoms with Gasteiger partial charge in [0.1, 0.15) is 0 Å². The zero-order valence-corrected chi connectivity index (χ0v) is 18.8. The normalized spacial score (nSPS) is 10.0. The molecule has 0 aromatic heterocycles. The van der Waals surface area contributed by atoms with Crippen molar-refractivity contribution in [1.82, 2.24) is 0 Å². The van der Waals surface area contributed by atoms with Crippen LogP contribution in [-0.2, 0) is 0 Å². The average molecular weight is 443 g/mol. The summed E-state index contributed by atoms with van der Waals surface area (Å²) in [5.41, 5.74) is 7.40. The number of hydrogen-bond acceptors (Lipinski definition) is 2. The van der Waals surface area contributed by atoms with E-state index in [0.717, 1.165) is 0 Å². The smallest absolute Gasteiger partial charge is 0.157 e. The second-order valence-electron chi connectivity index (χ2n) is 7.70. The molecule has 2 nitrogen and oxygen atoms in total. The molecular formula is C32H26O2. The van der Waals surface area contributed by atoms with Crippen molar-refractivity contribution in [3.8, 4) is 11.5 Å². The van der Waals surface area contributed by atoms with Gasteiger partial charge >= 0.3 is 0 Å². The lowest BCUT2D eigenvalue weighted by Gasteiger charge is -2.18. The van der Waals surface area contributed by atoms with Crippen molar-refractivity contribution in [1.29, 1.82) is 0 Å². The van der Waals surface area contributed by atoms with Crippen molar-refractivity contribution in [3.63, 3.8) is 0 Å². The van der Waals surface area contributed by atoms with Crippen LogP contribution in [0, 0.1) is 0 Å². The maximum atomic E-state index is 8.67. The molecule has 0 heterocycles. The van der Waals surface area contributed by atoms with Crippen molar-refractivity contribution < 1.29 is 10.2 Å². The first-order valence-corrected chi connectivity index (χ1v) is 11.2. The van der Waals surface area contributed by atoms with E-state index >= 15 is 0 Å². The molecule has 0 aliphatic rings. The van der Waals surface area contributed by atoms with E-state index in [1.165, 1.54) is 45.5 Å². The first-order valence-electron chi connectivity index (χ1n) is 11.2. The molecule has 0 saturated carbocycles. The molecular weight excluding hydrogens is 416 g/mol. The molecule has 5 rings (SSSR count). The Morgan fingerprint density at radius 1 is 0.294 bits per heavy atom. The van der Waals surface area contributed by atoms with Crippen molar-refractivity contribution in [3.05, 3.63) is 168 Å². The molecule has 0 saturated heterocycles. The Morgan fingerprint density at radius 2 is 0.500 bits per heavy atom. The maximum absolute atomic E-state index is 8.67. The zero-order chi connectivity index (χ0) is 23.6. The first kappa shape index (κ1) is 22.6. The lowest BCUT2D eigenvalue weighted by atomic mass is 9.86. The monoisotopic (exact) mass is 442 g/mol. The number of phenols is 2. The van der Waals surface area contributed by atoms with E-state index in [4.69, 9.17) is 10.2 Å². The van der Waals surface area contributed by atoms with Gasteiger partial charge in [-0.1, -0.05) is 133 Å². The highest BCUT2D eigenvalue weighted by molar-refractivity contribution is 6.04. The fourth-order valence-electron chi connectivity index (χ4n) is 3.79. The van der Waals surface area contributed by atoms with Crippen LogP contribution in [-0.4, -0.2) is 10.2 Å². The Hall–Kier alpha value is -4.56. The molecule has 0 aliphatic heterocycles. The van der Waals surface area contributed by atoms with E-state index in [2.05, 4.69) is 121 Å². The summed E-state index contributed by atoms with van der Waals surface area (Å²) in [5, 5.41) is 17.3. The molecule has 0 aliphatic carbocycles. The molecule has 0 bridgehead atoms. The van der Waals surface area contributed by atoms with E-state index in [1.54, 1.807) is 12.1 Å². The number of benzene rings is 5. The van der Waals surface area contributed by atoms with Crippen molar-refractivity contribution in [2.75, 3.05) is 0 Å². The summed E-state index contributed by atoms with van der Waals surface area (Å²) in [4.78, 5) is 0. The van der Waals surface area contributed by atoms with Gasteiger partial charge < -0.3 is 10.2 Å². The topological polar surface area (TPSA) is 40.5 Å². The molecule has 0 radical (unpaired) electrons. The minimum absolute atomic E-state index is 0.0764. The summed E-state index contributed by atoms with van der Waals surface area (Å²) in [7, 11) is 0. The Labute approximate surface area is 200 Å². The third-order valence-electron chi connectivity index (χ3n) is 5.38. The Bertz CT molecular complexity index is 1140. The number of hydrogen-bond donors (Lipinski definition) is 2. The van der Waals surface area contributed by atoms with Crippen LogP contribution >= 0.6 is 0 Å². The third kappa shape index (κ3) is 5.62. The van der Waals surface area contributed by atoms with Crippen LogP contribution < -0.4 is 0 Å². The van der Waals surface area contributed by atoms with Crippen LogP contribution in [0.4, 0.5) is 0 Å². The second kappa shape index (κ2) is 11.3. The standard InChI is InChI=1S/C26H20.C6H6O2/c1-5-13-21(14-6-1)25(22-15-7-2-8-16-22)26(23-17-9-3-10-18-23)24-19-11-4-12-20-24;7-5-3-1-2-4-6(5)8/h1-20H;1-4,7-8H. The average Bonchev–Trinajstić information content (AvgIpc) is 2.91. The van der Waals surface area contributed by atoms with Gasteiger partial charge in [0.05, 0.1) is 0 Å². The second-order valence-corrected chi connectivity index (χ2v) is 7.70. The molecule has 0 fully saturated rings. The number of aromatic hydroxyl groups is 2. The van der Waals surface area contributed by atoms with Gasteiger partial charge in [-0.3, -0.25) is 0 Å². The molecule has 0 atom stereocenters. The van der Waals surface area contributed by atoms with Crippen molar-refractivity contribution >= 4 is 11.1 Å². The largest absolute Gasteiger partial charge is 0.504 e. The molecule has 166 valence electrons. The van der Waals surface area contributed by atoms with Crippen LogP contribution in [0.5, 0.6) is 11.5 Å². The number of phenolic OH excluding ortho intramolecular Hbond substituents is 2. The van der Waals surface area contributed by atoms with E-state index in [9.17, 15) is 0 Å². The minimum atomic E-state index is -0.0764. The minimum Gasteiger partial charge on any atom is -0.504 e. The van der Waals surface area contributed by atoms with Gasteiger partial charge in [0.25, 0.3) is 0 Å². The van der Waals surface area contributed by atoms with Crippen LogP contribution in [0.1, 0.15) is 22.3 Å². The molecule has 0 spiro atoms. The summed E-state index contributed by atoms with van der Waals surface area (Å²) >= 11 is 0. The third-order valence-corrected chi connectivity index (χ3v) is 5.38. The number of para-hydroxylation sites is 2. The molecule has 0 amide bonds. The summed E-state index contributed by atoms with van der Waals surface area (Å²) < 4.78 is 0. The fraction of sp³-hybridized carbons (Fsp3) is 0. The summed E-state index contributed by atoms with van der Waals surface area (Å²) in [6.07, 6.45) is 0. The maximum Gasteiger partial charge on any atom is 0.157 e. The highest BCUT2D eigenvalue weighted by Crippen LogP contribution is 2.36. The SMILES string of the molecule is Oc1ccccc1O.c1ccc(C(=C(c2ccccc2)c2ccccc2)c2ccccc2)cc1. The lowest BCUT2D eigenvalue weighted by Crippen LogP contribution is -1.97. The van der Waals surface area contributed by atoms with Gasteiger partial charge in [-0.05, 0) is 45.5 Å². The highest BCUT2D eigenvalue weighted by atomic mass is 16.3. The number of rotatable bonds is 4. The Balaban J connectivity index is 0.000000291. The molecule has 2 heteroatoms. The molecule has 2 N–H and O–H groups in total. The highest BCUT2D eigenvalue weighted by Gasteiger charge is 2.15. The summed E-state index contributed by atoms with van der Waals surface area (Å²) in [6.45, 7) is 0. The Kier molecular flexibility index (Phi) is 7.55. The summed E-state index contributed by atoms with van der Waals surface area (Å²) in [6, 6.07) is 48.7. The molecule has 0 unspecified atom stereocenters. The van der Waals surface area contributed by atoms with E-state index in [0.29, 0.717) is 0 Å². The molecule has 5 aromatic carbocycles. The Morgan fingerprint density at radius 3 is 0.706 bits per heavy atom. The van der Waals surface area contributed by atoms with E-state index < -0.39 is 0 Å². The fourth-order valence-corrected chi connectivity index (χ4v) is 3.79. The first-order chi connectivity index (χ1) is 16.7. The zero-order valence-electron chi connectivity index (χ0n) is 18.8.